The molecule has 0 saturated heterocycles. The van der Waals surface area contributed by atoms with Gasteiger partial charge >= 0.3 is 0 Å². The lowest BCUT2D eigenvalue weighted by Crippen LogP contribution is -2.18. The molecule has 0 radical (unpaired) electrons. The monoisotopic (exact) mass is 286 g/mol. The van der Waals surface area contributed by atoms with Crippen LogP contribution in [0.25, 0.3) is 0 Å². The van der Waals surface area contributed by atoms with Gasteiger partial charge in [0.15, 0.2) is 5.17 Å². The standard InChI is InChI=1S/C16H15FN2S/c17-13-8-6-11(7-9-13)14-10-15(20-16(18)19-14)12-4-2-1-3-5-12/h1-9,14-15H,10H2,(H2,18,19)/t14-,15+/m0/s1. The normalized spacial score (nSPS) is 22.4. The van der Waals surface area contributed by atoms with Gasteiger partial charge in [0.2, 0.25) is 0 Å². The first-order valence-electron chi connectivity index (χ1n) is 6.53. The molecule has 2 nitrogen and oxygen atoms in total. The highest BCUT2D eigenvalue weighted by molar-refractivity contribution is 8.14. The van der Waals surface area contributed by atoms with Crippen LogP contribution in [0.1, 0.15) is 28.8 Å². The lowest BCUT2D eigenvalue weighted by molar-refractivity contribution is 0.616. The van der Waals surface area contributed by atoms with Crippen molar-refractivity contribution in [3.05, 3.63) is 71.5 Å². The molecule has 2 atom stereocenters. The summed E-state index contributed by atoms with van der Waals surface area (Å²) in [5.41, 5.74) is 8.22. The van der Waals surface area contributed by atoms with E-state index >= 15 is 0 Å². The summed E-state index contributed by atoms with van der Waals surface area (Å²) < 4.78 is 13.0. The Morgan fingerprint density at radius 3 is 2.40 bits per heavy atom. The summed E-state index contributed by atoms with van der Waals surface area (Å²) in [4.78, 5) is 4.49. The molecule has 4 heteroatoms. The maximum Gasteiger partial charge on any atom is 0.155 e. The molecule has 2 aromatic carbocycles. The van der Waals surface area contributed by atoms with Gasteiger partial charge in [0, 0.05) is 5.25 Å². The molecule has 0 fully saturated rings. The van der Waals surface area contributed by atoms with E-state index in [1.807, 2.05) is 18.2 Å². The molecule has 102 valence electrons. The number of benzene rings is 2. The third kappa shape index (κ3) is 2.85. The van der Waals surface area contributed by atoms with Crippen molar-refractivity contribution in [3.63, 3.8) is 0 Å². The Balaban J connectivity index is 1.86. The average molecular weight is 286 g/mol. The highest BCUT2D eigenvalue weighted by Gasteiger charge is 2.25. The van der Waals surface area contributed by atoms with E-state index in [2.05, 4.69) is 17.1 Å². The second kappa shape index (κ2) is 5.67. The first kappa shape index (κ1) is 13.2. The van der Waals surface area contributed by atoms with Gasteiger partial charge in [0.25, 0.3) is 0 Å². The smallest absolute Gasteiger partial charge is 0.155 e. The molecule has 0 spiro atoms. The quantitative estimate of drug-likeness (QED) is 0.904. The number of nitrogens with zero attached hydrogens (tertiary/aromatic N) is 1. The molecule has 0 aromatic heterocycles. The lowest BCUT2D eigenvalue weighted by atomic mass is 9.99. The second-order valence-electron chi connectivity index (χ2n) is 4.79. The number of hydrogen-bond acceptors (Lipinski definition) is 3. The van der Waals surface area contributed by atoms with E-state index in [4.69, 9.17) is 5.73 Å². The van der Waals surface area contributed by atoms with E-state index in [9.17, 15) is 4.39 Å². The van der Waals surface area contributed by atoms with Crippen LogP contribution in [0.4, 0.5) is 4.39 Å². The van der Waals surface area contributed by atoms with Crippen molar-refractivity contribution in [2.24, 2.45) is 10.7 Å². The Morgan fingerprint density at radius 2 is 1.70 bits per heavy atom. The fraction of sp³-hybridized carbons (Fsp3) is 0.188. The fourth-order valence-electron chi connectivity index (χ4n) is 2.40. The number of nitrogens with two attached hydrogens (primary N) is 1. The molecular formula is C16H15FN2S. The third-order valence-corrected chi connectivity index (χ3v) is 4.51. The van der Waals surface area contributed by atoms with Gasteiger partial charge in [-0.25, -0.2) is 4.39 Å². The first-order valence-corrected chi connectivity index (χ1v) is 7.40. The molecule has 0 bridgehead atoms. The molecule has 1 heterocycles. The Bertz CT molecular complexity index is 610. The van der Waals surface area contributed by atoms with E-state index in [-0.39, 0.29) is 11.9 Å². The zero-order chi connectivity index (χ0) is 13.9. The minimum atomic E-state index is -0.226. The summed E-state index contributed by atoms with van der Waals surface area (Å²) >= 11 is 1.59. The molecule has 1 aliphatic heterocycles. The van der Waals surface area contributed by atoms with Crippen molar-refractivity contribution in [2.45, 2.75) is 17.7 Å². The highest BCUT2D eigenvalue weighted by atomic mass is 32.2. The number of hydrogen-bond donors (Lipinski definition) is 1. The van der Waals surface area contributed by atoms with Crippen molar-refractivity contribution in [1.29, 1.82) is 0 Å². The number of amidine groups is 1. The van der Waals surface area contributed by atoms with Gasteiger partial charge in [-0.1, -0.05) is 54.2 Å². The van der Waals surface area contributed by atoms with Gasteiger partial charge in [0.1, 0.15) is 5.82 Å². The molecule has 1 aliphatic rings. The molecular weight excluding hydrogens is 271 g/mol. The van der Waals surface area contributed by atoms with E-state index in [0.717, 1.165) is 12.0 Å². The maximum atomic E-state index is 13.0. The Morgan fingerprint density at radius 1 is 1.00 bits per heavy atom. The minimum absolute atomic E-state index is 0.00190. The summed E-state index contributed by atoms with van der Waals surface area (Å²) in [6.07, 6.45) is 0.876. The van der Waals surface area contributed by atoms with Crippen LogP contribution < -0.4 is 5.73 Å². The summed E-state index contributed by atoms with van der Waals surface area (Å²) in [5.74, 6) is -0.226. The van der Waals surface area contributed by atoms with Crippen molar-refractivity contribution < 1.29 is 4.39 Å². The Kier molecular flexibility index (Phi) is 3.74. The second-order valence-corrected chi connectivity index (χ2v) is 6.01. The van der Waals surface area contributed by atoms with E-state index in [1.165, 1.54) is 17.7 Å². The molecule has 0 amide bonds. The average Bonchev–Trinajstić information content (AvgIpc) is 2.48. The fourth-order valence-corrected chi connectivity index (χ4v) is 3.45. The maximum absolute atomic E-state index is 13.0. The topological polar surface area (TPSA) is 38.4 Å². The Hall–Kier alpha value is -1.81. The zero-order valence-electron chi connectivity index (χ0n) is 10.9. The van der Waals surface area contributed by atoms with Crippen LogP contribution in [0.5, 0.6) is 0 Å². The highest BCUT2D eigenvalue weighted by Crippen LogP contribution is 2.42. The largest absolute Gasteiger partial charge is 0.379 e. The molecule has 2 N–H and O–H groups in total. The van der Waals surface area contributed by atoms with Gasteiger partial charge in [-0.3, -0.25) is 4.99 Å². The molecule has 20 heavy (non-hydrogen) atoms. The van der Waals surface area contributed by atoms with Gasteiger partial charge in [0.05, 0.1) is 6.04 Å². The molecule has 0 aliphatic carbocycles. The van der Waals surface area contributed by atoms with Crippen LogP contribution in [-0.4, -0.2) is 5.17 Å². The van der Waals surface area contributed by atoms with Crippen LogP contribution in [0.3, 0.4) is 0 Å². The third-order valence-electron chi connectivity index (χ3n) is 3.41. The number of rotatable bonds is 2. The molecule has 0 saturated carbocycles. The van der Waals surface area contributed by atoms with Crippen molar-refractivity contribution in [1.82, 2.24) is 0 Å². The summed E-state index contributed by atoms with van der Waals surface area (Å²) in [5, 5.41) is 0.892. The van der Waals surface area contributed by atoms with Crippen molar-refractivity contribution in [2.75, 3.05) is 0 Å². The number of thioether (sulfide) groups is 1. The van der Waals surface area contributed by atoms with Crippen molar-refractivity contribution in [3.8, 4) is 0 Å². The molecule has 2 aromatic rings. The van der Waals surface area contributed by atoms with E-state index in [1.54, 1.807) is 23.9 Å². The van der Waals surface area contributed by atoms with Gasteiger partial charge < -0.3 is 5.73 Å². The van der Waals surface area contributed by atoms with Gasteiger partial charge in [-0.05, 0) is 29.7 Å². The lowest BCUT2D eigenvalue weighted by Gasteiger charge is -2.26. The first-order chi connectivity index (χ1) is 9.72. The SMILES string of the molecule is NC1=N[C@H](c2ccc(F)cc2)C[C@H](c2ccccc2)S1. The zero-order valence-corrected chi connectivity index (χ0v) is 11.7. The summed E-state index contributed by atoms with van der Waals surface area (Å²) in [6.45, 7) is 0. The van der Waals surface area contributed by atoms with Crippen LogP contribution in [0, 0.1) is 5.82 Å². The predicted molar refractivity (Wildman–Crippen MR) is 82.2 cm³/mol. The van der Waals surface area contributed by atoms with E-state index < -0.39 is 0 Å². The van der Waals surface area contributed by atoms with Crippen LogP contribution in [0.2, 0.25) is 0 Å². The predicted octanol–water partition coefficient (Wildman–Crippen LogP) is 4.06. The van der Waals surface area contributed by atoms with Crippen LogP contribution >= 0.6 is 11.8 Å². The van der Waals surface area contributed by atoms with Crippen LogP contribution in [-0.2, 0) is 0 Å². The minimum Gasteiger partial charge on any atom is -0.379 e. The van der Waals surface area contributed by atoms with Crippen LogP contribution in [0.15, 0.2) is 59.6 Å². The molecule has 3 rings (SSSR count). The number of aliphatic imine (C=N–C) groups is 1. The van der Waals surface area contributed by atoms with Gasteiger partial charge in [-0.2, -0.15) is 0 Å². The Labute approximate surface area is 121 Å². The van der Waals surface area contributed by atoms with Crippen molar-refractivity contribution >= 4 is 16.9 Å². The molecule has 0 unspecified atom stereocenters. The summed E-state index contributed by atoms with van der Waals surface area (Å²) in [6, 6.07) is 16.8. The van der Waals surface area contributed by atoms with E-state index in [0.29, 0.717) is 10.4 Å². The summed E-state index contributed by atoms with van der Waals surface area (Å²) in [7, 11) is 0. The number of halogens is 1. The van der Waals surface area contributed by atoms with Gasteiger partial charge in [-0.15, -0.1) is 0 Å².